The fourth-order valence-corrected chi connectivity index (χ4v) is 2.17. The Labute approximate surface area is 121 Å². The first kappa shape index (κ1) is 13.8. The molecule has 0 saturated heterocycles. The largest absolute Gasteiger partial charge is 0.392 e. The molecule has 0 bridgehead atoms. The summed E-state index contributed by atoms with van der Waals surface area (Å²) in [5.41, 5.74) is 7.89. The van der Waals surface area contributed by atoms with Crippen LogP contribution in [0.1, 0.15) is 46.1 Å². The van der Waals surface area contributed by atoms with Crippen LogP contribution >= 0.6 is 0 Å². The summed E-state index contributed by atoms with van der Waals surface area (Å²) in [5, 5.41) is 15.9. The summed E-state index contributed by atoms with van der Waals surface area (Å²) in [6.45, 7) is 0.213. The maximum absolute atomic E-state index is 12.2. The molecule has 6 nitrogen and oxygen atoms in total. The summed E-state index contributed by atoms with van der Waals surface area (Å²) in [6.07, 6.45) is 2.18. The summed E-state index contributed by atoms with van der Waals surface area (Å²) in [7, 11) is 0. The van der Waals surface area contributed by atoms with Crippen LogP contribution in [-0.4, -0.2) is 16.2 Å². The van der Waals surface area contributed by atoms with E-state index in [2.05, 4.69) is 10.5 Å². The first-order valence-corrected chi connectivity index (χ1v) is 6.92. The summed E-state index contributed by atoms with van der Waals surface area (Å²) < 4.78 is 5.16. The maximum Gasteiger partial charge on any atom is 0.277 e. The second-order valence-corrected chi connectivity index (χ2v) is 5.20. The number of aromatic nitrogens is 1. The van der Waals surface area contributed by atoms with Gasteiger partial charge < -0.3 is 20.7 Å². The van der Waals surface area contributed by atoms with Gasteiger partial charge in [0.05, 0.1) is 6.61 Å². The molecule has 1 aliphatic rings. The average molecular weight is 287 g/mol. The molecular weight excluding hydrogens is 270 g/mol. The van der Waals surface area contributed by atoms with Crippen molar-refractivity contribution < 1.29 is 14.4 Å². The highest BCUT2D eigenvalue weighted by Gasteiger charge is 2.29. The van der Waals surface area contributed by atoms with Gasteiger partial charge in [-0.2, -0.15) is 0 Å². The van der Waals surface area contributed by atoms with Gasteiger partial charge in [-0.25, -0.2) is 0 Å². The van der Waals surface area contributed by atoms with Gasteiger partial charge in [0, 0.05) is 29.8 Å². The first-order valence-electron chi connectivity index (χ1n) is 6.92. The Kier molecular flexibility index (Phi) is 3.72. The number of aliphatic hydroxyl groups excluding tert-OH is 1. The van der Waals surface area contributed by atoms with Crippen molar-refractivity contribution in [1.29, 1.82) is 0 Å². The van der Waals surface area contributed by atoms with Crippen LogP contribution < -0.4 is 11.1 Å². The highest BCUT2D eigenvalue weighted by molar-refractivity contribution is 6.03. The zero-order valence-electron chi connectivity index (χ0n) is 11.5. The van der Waals surface area contributed by atoms with Crippen molar-refractivity contribution in [3.8, 4) is 0 Å². The molecule has 1 aliphatic carbocycles. The molecule has 21 heavy (non-hydrogen) atoms. The topological polar surface area (TPSA) is 101 Å². The molecule has 3 rings (SSSR count). The van der Waals surface area contributed by atoms with Gasteiger partial charge in [-0.05, 0) is 24.5 Å². The number of hydrogen-bond donors (Lipinski definition) is 3. The number of carbonyl (C=O) groups excluding carboxylic acids is 1. The SMILES string of the molecule is NCc1ccc(NC(=O)c2cc(C3CC3)on2)c(CO)c1. The Bertz CT molecular complexity index is 662. The minimum atomic E-state index is -0.346. The lowest BCUT2D eigenvalue weighted by Gasteiger charge is -2.09. The molecular formula is C15H17N3O3. The number of hydrogen-bond acceptors (Lipinski definition) is 5. The van der Waals surface area contributed by atoms with E-state index in [0.29, 0.717) is 23.7 Å². The van der Waals surface area contributed by atoms with E-state index in [4.69, 9.17) is 10.3 Å². The van der Waals surface area contributed by atoms with E-state index in [9.17, 15) is 9.90 Å². The van der Waals surface area contributed by atoms with Crippen LogP contribution in [0.2, 0.25) is 0 Å². The first-order chi connectivity index (χ1) is 10.2. The normalized spacial score (nSPS) is 14.2. The average Bonchev–Trinajstić information content (AvgIpc) is 3.24. The summed E-state index contributed by atoms with van der Waals surface area (Å²) in [4.78, 5) is 12.2. The van der Waals surface area contributed by atoms with Crippen LogP contribution in [-0.2, 0) is 13.2 Å². The van der Waals surface area contributed by atoms with Crippen molar-refractivity contribution in [3.63, 3.8) is 0 Å². The number of nitrogens with one attached hydrogen (secondary N) is 1. The lowest BCUT2D eigenvalue weighted by atomic mass is 10.1. The number of aliphatic hydroxyl groups is 1. The number of benzene rings is 1. The molecule has 1 amide bonds. The summed E-state index contributed by atoms with van der Waals surface area (Å²) in [5.74, 6) is 0.831. The lowest BCUT2D eigenvalue weighted by Crippen LogP contribution is -2.14. The predicted molar refractivity (Wildman–Crippen MR) is 76.7 cm³/mol. The molecule has 4 N–H and O–H groups in total. The molecule has 0 unspecified atom stereocenters. The van der Waals surface area contributed by atoms with Gasteiger partial charge in [0.1, 0.15) is 5.76 Å². The molecule has 2 aromatic rings. The van der Waals surface area contributed by atoms with E-state index < -0.39 is 0 Å². The van der Waals surface area contributed by atoms with Gasteiger partial charge in [-0.1, -0.05) is 17.3 Å². The Balaban J connectivity index is 1.76. The molecule has 0 atom stereocenters. The second-order valence-electron chi connectivity index (χ2n) is 5.20. The number of nitrogens with two attached hydrogens (primary N) is 1. The summed E-state index contributed by atoms with van der Waals surface area (Å²) in [6, 6.07) is 6.99. The Morgan fingerprint density at radius 1 is 1.43 bits per heavy atom. The van der Waals surface area contributed by atoms with Crippen molar-refractivity contribution in [3.05, 3.63) is 46.8 Å². The summed E-state index contributed by atoms with van der Waals surface area (Å²) >= 11 is 0. The van der Waals surface area contributed by atoms with E-state index in [0.717, 1.165) is 24.2 Å². The van der Waals surface area contributed by atoms with Crippen LogP contribution in [0, 0.1) is 0 Å². The number of amides is 1. The van der Waals surface area contributed by atoms with E-state index in [1.54, 1.807) is 18.2 Å². The Hall–Kier alpha value is -2.18. The third-order valence-electron chi connectivity index (χ3n) is 3.56. The van der Waals surface area contributed by atoms with E-state index in [1.807, 2.05) is 6.07 Å². The zero-order chi connectivity index (χ0) is 14.8. The van der Waals surface area contributed by atoms with Gasteiger partial charge in [0.25, 0.3) is 5.91 Å². The quantitative estimate of drug-likeness (QED) is 0.777. The number of anilines is 1. The van der Waals surface area contributed by atoms with Gasteiger partial charge >= 0.3 is 0 Å². The van der Waals surface area contributed by atoms with Gasteiger partial charge in [-0.3, -0.25) is 4.79 Å². The third-order valence-corrected chi connectivity index (χ3v) is 3.56. The molecule has 0 radical (unpaired) electrons. The van der Waals surface area contributed by atoms with Gasteiger partial charge in [-0.15, -0.1) is 0 Å². The molecule has 1 saturated carbocycles. The zero-order valence-corrected chi connectivity index (χ0v) is 11.5. The van der Waals surface area contributed by atoms with Crippen LogP contribution in [0.3, 0.4) is 0 Å². The smallest absolute Gasteiger partial charge is 0.277 e. The molecule has 0 spiro atoms. The van der Waals surface area contributed by atoms with Gasteiger partial charge in [0.15, 0.2) is 5.69 Å². The molecule has 1 aromatic heterocycles. The van der Waals surface area contributed by atoms with Crippen molar-refractivity contribution in [2.24, 2.45) is 5.73 Å². The van der Waals surface area contributed by atoms with E-state index >= 15 is 0 Å². The van der Waals surface area contributed by atoms with Crippen LogP contribution in [0.25, 0.3) is 0 Å². The van der Waals surface area contributed by atoms with Crippen molar-refractivity contribution in [2.75, 3.05) is 5.32 Å². The monoisotopic (exact) mass is 287 g/mol. The number of nitrogens with zero attached hydrogens (tertiary/aromatic N) is 1. The van der Waals surface area contributed by atoms with Crippen molar-refractivity contribution >= 4 is 11.6 Å². The van der Waals surface area contributed by atoms with Crippen molar-refractivity contribution in [2.45, 2.75) is 31.9 Å². The standard InChI is InChI=1S/C15H17N3O3/c16-7-9-1-4-12(11(5-9)8-19)17-15(20)13-6-14(21-18-13)10-2-3-10/h1,4-6,10,19H,2-3,7-8,16H2,(H,17,20). The highest BCUT2D eigenvalue weighted by Crippen LogP contribution is 2.40. The lowest BCUT2D eigenvalue weighted by molar-refractivity contribution is 0.101. The minimum Gasteiger partial charge on any atom is -0.392 e. The fourth-order valence-electron chi connectivity index (χ4n) is 2.17. The van der Waals surface area contributed by atoms with Gasteiger partial charge in [0.2, 0.25) is 0 Å². The van der Waals surface area contributed by atoms with Crippen LogP contribution in [0.4, 0.5) is 5.69 Å². The van der Waals surface area contributed by atoms with Crippen molar-refractivity contribution in [1.82, 2.24) is 5.16 Å². The predicted octanol–water partition coefficient (Wildman–Crippen LogP) is 1.76. The molecule has 1 aromatic carbocycles. The molecule has 1 fully saturated rings. The third kappa shape index (κ3) is 2.96. The molecule has 0 aliphatic heterocycles. The minimum absolute atomic E-state index is 0.171. The fraction of sp³-hybridized carbons (Fsp3) is 0.333. The van der Waals surface area contributed by atoms with Crippen LogP contribution in [0.5, 0.6) is 0 Å². The Morgan fingerprint density at radius 3 is 2.90 bits per heavy atom. The number of rotatable bonds is 5. The van der Waals surface area contributed by atoms with Crippen LogP contribution in [0.15, 0.2) is 28.8 Å². The van der Waals surface area contributed by atoms with E-state index in [-0.39, 0.29) is 18.2 Å². The van der Waals surface area contributed by atoms with E-state index in [1.165, 1.54) is 0 Å². The second kappa shape index (κ2) is 5.67. The molecule has 6 heteroatoms. The highest BCUT2D eigenvalue weighted by atomic mass is 16.5. The number of carbonyl (C=O) groups is 1. The Morgan fingerprint density at radius 2 is 2.24 bits per heavy atom. The molecule has 110 valence electrons. The molecule has 1 heterocycles. The maximum atomic E-state index is 12.2.